The van der Waals surface area contributed by atoms with E-state index in [9.17, 15) is 4.79 Å². The Labute approximate surface area is 158 Å². The van der Waals surface area contributed by atoms with Gasteiger partial charge < -0.3 is 24.8 Å². The van der Waals surface area contributed by atoms with E-state index in [2.05, 4.69) is 10.6 Å². The lowest BCUT2D eigenvalue weighted by Gasteiger charge is -2.14. The van der Waals surface area contributed by atoms with E-state index in [-0.39, 0.29) is 6.03 Å². The first-order chi connectivity index (χ1) is 13.1. The van der Waals surface area contributed by atoms with Crippen LogP contribution < -0.4 is 24.8 Å². The van der Waals surface area contributed by atoms with Gasteiger partial charge in [-0.2, -0.15) is 0 Å². The number of ether oxygens (including phenoxy) is 3. The minimum absolute atomic E-state index is 0.293. The second-order valence-corrected chi connectivity index (χ2v) is 5.90. The lowest BCUT2D eigenvalue weighted by atomic mass is 10.1. The summed E-state index contributed by atoms with van der Waals surface area (Å²) in [4.78, 5) is 12.2. The van der Waals surface area contributed by atoms with Crippen molar-refractivity contribution < 1.29 is 19.0 Å². The average molecular weight is 366 g/mol. The molecule has 0 saturated carbocycles. The van der Waals surface area contributed by atoms with Crippen LogP contribution in [-0.4, -0.2) is 27.4 Å². The fourth-order valence-corrected chi connectivity index (χ4v) is 2.86. The van der Waals surface area contributed by atoms with Gasteiger partial charge in [0.2, 0.25) is 5.75 Å². The highest BCUT2D eigenvalue weighted by Gasteiger charge is 2.13. The van der Waals surface area contributed by atoms with Crippen molar-refractivity contribution in [2.24, 2.45) is 0 Å². The van der Waals surface area contributed by atoms with Crippen LogP contribution in [0.2, 0.25) is 0 Å². The molecule has 0 unspecified atom stereocenters. The van der Waals surface area contributed by atoms with E-state index in [0.717, 1.165) is 22.0 Å². The number of nitrogens with one attached hydrogen (secondary N) is 2. The predicted octanol–water partition coefficient (Wildman–Crippen LogP) is 4.19. The van der Waals surface area contributed by atoms with Gasteiger partial charge in [-0.25, -0.2) is 4.79 Å². The highest BCUT2D eigenvalue weighted by molar-refractivity contribution is 5.93. The molecule has 0 atom stereocenters. The van der Waals surface area contributed by atoms with Gasteiger partial charge in [-0.1, -0.05) is 30.3 Å². The van der Waals surface area contributed by atoms with E-state index in [1.165, 1.54) is 0 Å². The number of anilines is 1. The van der Waals surface area contributed by atoms with Crippen molar-refractivity contribution in [3.63, 3.8) is 0 Å². The standard InChI is InChI=1S/C21H22N2O4/c1-25-18-10-14(11-19(26-2)20(18)27-3)13-22-21(24)23-17-9-8-15-6-4-5-7-16(15)12-17/h4-12H,13H2,1-3H3,(H2,22,23,24). The summed E-state index contributed by atoms with van der Waals surface area (Å²) in [7, 11) is 4.66. The predicted molar refractivity (Wildman–Crippen MR) is 106 cm³/mol. The van der Waals surface area contributed by atoms with Gasteiger partial charge in [-0.15, -0.1) is 0 Å². The maximum absolute atomic E-state index is 12.2. The van der Waals surface area contributed by atoms with E-state index in [4.69, 9.17) is 14.2 Å². The van der Waals surface area contributed by atoms with Crippen LogP contribution >= 0.6 is 0 Å². The molecule has 3 rings (SSSR count). The molecule has 6 nitrogen and oxygen atoms in total. The third-order valence-corrected chi connectivity index (χ3v) is 4.18. The van der Waals surface area contributed by atoms with Crippen LogP contribution in [0.25, 0.3) is 10.8 Å². The number of hydrogen-bond donors (Lipinski definition) is 2. The highest BCUT2D eigenvalue weighted by Crippen LogP contribution is 2.38. The highest BCUT2D eigenvalue weighted by atomic mass is 16.5. The zero-order valence-electron chi connectivity index (χ0n) is 15.5. The Morgan fingerprint density at radius 3 is 2.15 bits per heavy atom. The van der Waals surface area contributed by atoms with Crippen LogP contribution in [0.1, 0.15) is 5.56 Å². The molecule has 0 bridgehead atoms. The first-order valence-corrected chi connectivity index (χ1v) is 8.47. The molecule has 2 amide bonds. The molecule has 0 aliphatic carbocycles. The molecule has 2 N–H and O–H groups in total. The summed E-state index contributed by atoms with van der Waals surface area (Å²) in [6, 6.07) is 17.1. The monoisotopic (exact) mass is 366 g/mol. The second-order valence-electron chi connectivity index (χ2n) is 5.90. The molecule has 0 radical (unpaired) electrons. The number of fused-ring (bicyclic) bond motifs is 1. The van der Waals surface area contributed by atoms with Crippen molar-refractivity contribution in [2.45, 2.75) is 6.54 Å². The molecule has 0 aliphatic rings. The molecular weight excluding hydrogens is 344 g/mol. The minimum atomic E-state index is -0.293. The molecule has 0 aromatic heterocycles. The Morgan fingerprint density at radius 1 is 0.852 bits per heavy atom. The van der Waals surface area contributed by atoms with Crippen LogP contribution in [0.4, 0.5) is 10.5 Å². The Morgan fingerprint density at radius 2 is 1.52 bits per heavy atom. The Kier molecular flexibility index (Phi) is 5.66. The van der Waals surface area contributed by atoms with Gasteiger partial charge >= 0.3 is 6.03 Å². The van der Waals surface area contributed by atoms with Gasteiger partial charge in [-0.3, -0.25) is 0 Å². The van der Waals surface area contributed by atoms with Crippen molar-refractivity contribution in [1.29, 1.82) is 0 Å². The van der Waals surface area contributed by atoms with Crippen LogP contribution in [-0.2, 0) is 6.54 Å². The normalized spacial score (nSPS) is 10.3. The smallest absolute Gasteiger partial charge is 0.319 e. The lowest BCUT2D eigenvalue weighted by Crippen LogP contribution is -2.28. The molecule has 27 heavy (non-hydrogen) atoms. The number of benzene rings is 3. The Hall–Kier alpha value is -3.41. The largest absolute Gasteiger partial charge is 0.493 e. The van der Waals surface area contributed by atoms with Crippen LogP contribution in [0.5, 0.6) is 17.2 Å². The Balaban J connectivity index is 1.67. The van der Waals surface area contributed by atoms with E-state index in [0.29, 0.717) is 23.8 Å². The molecule has 140 valence electrons. The first-order valence-electron chi connectivity index (χ1n) is 8.47. The van der Waals surface area contributed by atoms with E-state index in [1.807, 2.05) is 42.5 Å². The molecule has 0 spiro atoms. The van der Waals surface area contributed by atoms with Gasteiger partial charge in [-0.05, 0) is 40.6 Å². The number of rotatable bonds is 6. The minimum Gasteiger partial charge on any atom is -0.493 e. The summed E-state index contributed by atoms with van der Waals surface area (Å²) < 4.78 is 16.0. The van der Waals surface area contributed by atoms with Gasteiger partial charge in [0.1, 0.15) is 0 Å². The topological polar surface area (TPSA) is 68.8 Å². The molecule has 3 aromatic carbocycles. The fraction of sp³-hybridized carbons (Fsp3) is 0.190. The molecule has 0 saturated heterocycles. The number of carbonyl (C=O) groups is 1. The van der Waals surface area contributed by atoms with Gasteiger partial charge in [0.05, 0.1) is 21.3 Å². The third kappa shape index (κ3) is 4.23. The van der Waals surface area contributed by atoms with Crippen LogP contribution in [0.3, 0.4) is 0 Å². The molecule has 0 fully saturated rings. The van der Waals surface area contributed by atoms with Gasteiger partial charge in [0.15, 0.2) is 11.5 Å². The van der Waals surface area contributed by atoms with Crippen molar-refractivity contribution in [1.82, 2.24) is 5.32 Å². The summed E-state index contributed by atoms with van der Waals surface area (Å²) in [6.07, 6.45) is 0. The van der Waals surface area contributed by atoms with Gasteiger partial charge in [0.25, 0.3) is 0 Å². The van der Waals surface area contributed by atoms with E-state index >= 15 is 0 Å². The van der Waals surface area contributed by atoms with Gasteiger partial charge in [0, 0.05) is 12.2 Å². The van der Waals surface area contributed by atoms with E-state index in [1.54, 1.807) is 33.5 Å². The van der Waals surface area contributed by atoms with Crippen molar-refractivity contribution >= 4 is 22.5 Å². The second kappa shape index (κ2) is 8.31. The average Bonchev–Trinajstić information content (AvgIpc) is 2.71. The van der Waals surface area contributed by atoms with Crippen LogP contribution in [0.15, 0.2) is 54.6 Å². The third-order valence-electron chi connectivity index (χ3n) is 4.18. The molecule has 3 aromatic rings. The van der Waals surface area contributed by atoms with Crippen molar-refractivity contribution in [3.8, 4) is 17.2 Å². The summed E-state index contributed by atoms with van der Waals surface area (Å²) in [6.45, 7) is 0.316. The summed E-state index contributed by atoms with van der Waals surface area (Å²) in [5.41, 5.74) is 1.56. The summed E-state index contributed by atoms with van der Waals surface area (Å²) in [5, 5.41) is 7.88. The van der Waals surface area contributed by atoms with Crippen LogP contribution in [0, 0.1) is 0 Å². The lowest BCUT2D eigenvalue weighted by molar-refractivity contribution is 0.251. The number of amides is 2. The summed E-state index contributed by atoms with van der Waals surface area (Å²) >= 11 is 0. The number of carbonyl (C=O) groups excluding carboxylic acids is 1. The maximum Gasteiger partial charge on any atom is 0.319 e. The zero-order chi connectivity index (χ0) is 19.2. The van der Waals surface area contributed by atoms with Crippen molar-refractivity contribution in [3.05, 3.63) is 60.2 Å². The quantitative estimate of drug-likeness (QED) is 0.686. The molecular formula is C21H22N2O4. The summed E-state index contributed by atoms with van der Waals surface area (Å²) in [5.74, 6) is 1.61. The molecule has 0 heterocycles. The van der Waals surface area contributed by atoms with E-state index < -0.39 is 0 Å². The van der Waals surface area contributed by atoms with Crippen molar-refractivity contribution in [2.75, 3.05) is 26.6 Å². The number of hydrogen-bond acceptors (Lipinski definition) is 4. The molecule has 0 aliphatic heterocycles. The molecule has 6 heteroatoms. The first kappa shape index (κ1) is 18.4. The number of urea groups is 1. The maximum atomic E-state index is 12.2. The fourth-order valence-electron chi connectivity index (χ4n) is 2.86. The zero-order valence-corrected chi connectivity index (χ0v) is 15.5. The Bertz CT molecular complexity index is 931. The number of methoxy groups -OCH3 is 3. The SMILES string of the molecule is COc1cc(CNC(=O)Nc2ccc3ccccc3c2)cc(OC)c1OC.